The van der Waals surface area contributed by atoms with Gasteiger partial charge in [-0.1, -0.05) is 30.5 Å². The number of rotatable bonds is 4. The highest BCUT2D eigenvalue weighted by Gasteiger charge is 2.18. The van der Waals surface area contributed by atoms with Gasteiger partial charge in [0, 0.05) is 6.54 Å². The molecule has 0 aromatic heterocycles. The normalized spacial score (nSPS) is 15.1. The Labute approximate surface area is 122 Å². The summed E-state index contributed by atoms with van der Waals surface area (Å²) in [5.74, 6) is -0.638. The Morgan fingerprint density at radius 3 is 2.65 bits per heavy atom. The molecule has 1 aliphatic rings. The first-order valence-electron chi connectivity index (χ1n) is 6.64. The Morgan fingerprint density at radius 2 is 2.00 bits per heavy atom. The maximum absolute atomic E-state index is 11.8. The average Bonchev–Trinajstić information content (AvgIpc) is 2.89. The molecule has 108 valence electrons. The molecule has 0 spiro atoms. The Morgan fingerprint density at radius 1 is 1.30 bits per heavy atom. The van der Waals surface area contributed by atoms with E-state index >= 15 is 0 Å². The molecule has 0 atom stereocenters. The number of carboxylic acid groups (broad SMARTS) is 1. The van der Waals surface area contributed by atoms with E-state index < -0.39 is 12.0 Å². The summed E-state index contributed by atoms with van der Waals surface area (Å²) in [6.07, 6.45) is 4.70. The second-order valence-electron chi connectivity index (χ2n) is 4.95. The molecule has 0 unspecified atom stereocenters. The number of carboxylic acids is 1. The van der Waals surface area contributed by atoms with Gasteiger partial charge in [0.15, 0.2) is 0 Å². The van der Waals surface area contributed by atoms with E-state index in [4.69, 9.17) is 16.7 Å². The Kier molecular flexibility index (Phi) is 4.84. The minimum Gasteiger partial charge on any atom is -0.478 e. The topological polar surface area (TPSA) is 78.4 Å². The number of benzene rings is 1. The highest BCUT2D eigenvalue weighted by atomic mass is 35.5. The van der Waals surface area contributed by atoms with Gasteiger partial charge in [0.2, 0.25) is 0 Å². The number of hydrogen-bond acceptors (Lipinski definition) is 2. The van der Waals surface area contributed by atoms with Crippen molar-refractivity contribution in [1.82, 2.24) is 5.32 Å². The lowest BCUT2D eigenvalue weighted by Gasteiger charge is -2.13. The van der Waals surface area contributed by atoms with Crippen molar-refractivity contribution in [3.63, 3.8) is 0 Å². The van der Waals surface area contributed by atoms with E-state index in [-0.39, 0.29) is 16.3 Å². The van der Waals surface area contributed by atoms with Crippen LogP contribution < -0.4 is 10.6 Å². The quantitative estimate of drug-likeness (QED) is 0.797. The molecule has 1 aromatic rings. The van der Waals surface area contributed by atoms with Crippen molar-refractivity contribution in [2.45, 2.75) is 25.7 Å². The van der Waals surface area contributed by atoms with E-state index in [9.17, 15) is 9.59 Å². The predicted octanol–water partition coefficient (Wildman–Crippen LogP) is 3.35. The van der Waals surface area contributed by atoms with Crippen molar-refractivity contribution in [2.75, 3.05) is 11.9 Å². The van der Waals surface area contributed by atoms with Crippen LogP contribution in [0.4, 0.5) is 10.5 Å². The minimum atomic E-state index is -1.17. The summed E-state index contributed by atoms with van der Waals surface area (Å²) in [6.45, 7) is 0.620. The summed E-state index contributed by atoms with van der Waals surface area (Å²) in [5, 5.41) is 14.5. The second kappa shape index (κ2) is 6.61. The van der Waals surface area contributed by atoms with Crippen molar-refractivity contribution in [3.8, 4) is 0 Å². The fourth-order valence-electron chi connectivity index (χ4n) is 2.46. The van der Waals surface area contributed by atoms with E-state index in [0.29, 0.717) is 12.5 Å². The number of aromatic carboxylic acids is 1. The van der Waals surface area contributed by atoms with Gasteiger partial charge < -0.3 is 15.7 Å². The first kappa shape index (κ1) is 14.7. The van der Waals surface area contributed by atoms with Gasteiger partial charge in [-0.2, -0.15) is 0 Å². The molecular formula is C14H17ClN2O3. The smallest absolute Gasteiger partial charge is 0.339 e. The van der Waals surface area contributed by atoms with Crippen molar-refractivity contribution >= 4 is 29.3 Å². The van der Waals surface area contributed by atoms with Gasteiger partial charge in [0.05, 0.1) is 10.7 Å². The van der Waals surface area contributed by atoms with Crippen LogP contribution in [0.1, 0.15) is 36.0 Å². The minimum absolute atomic E-state index is 0.0924. The molecule has 2 rings (SSSR count). The summed E-state index contributed by atoms with van der Waals surface area (Å²) in [4.78, 5) is 22.9. The number of carbonyl (C=O) groups excluding carboxylic acids is 1. The predicted molar refractivity (Wildman–Crippen MR) is 77.4 cm³/mol. The molecule has 1 aromatic carbocycles. The van der Waals surface area contributed by atoms with E-state index in [2.05, 4.69) is 10.6 Å². The van der Waals surface area contributed by atoms with Gasteiger partial charge in [-0.3, -0.25) is 0 Å². The zero-order valence-corrected chi connectivity index (χ0v) is 11.7. The number of halogens is 1. The summed E-state index contributed by atoms with van der Waals surface area (Å²) in [6, 6.07) is 4.19. The summed E-state index contributed by atoms with van der Waals surface area (Å²) >= 11 is 5.84. The van der Waals surface area contributed by atoms with Crippen LogP contribution >= 0.6 is 11.6 Å². The number of hydrogen-bond donors (Lipinski definition) is 3. The molecule has 1 fully saturated rings. The highest BCUT2D eigenvalue weighted by Crippen LogP contribution is 2.25. The zero-order chi connectivity index (χ0) is 14.5. The fourth-order valence-corrected chi connectivity index (χ4v) is 2.72. The molecule has 1 saturated carbocycles. The van der Waals surface area contributed by atoms with E-state index in [0.717, 1.165) is 12.8 Å². The van der Waals surface area contributed by atoms with Crippen LogP contribution in [0.2, 0.25) is 5.02 Å². The van der Waals surface area contributed by atoms with Crippen LogP contribution in [0.25, 0.3) is 0 Å². The summed E-state index contributed by atoms with van der Waals surface area (Å²) < 4.78 is 0. The standard InChI is InChI=1S/C14H17ClN2O3/c15-10-6-3-7-11(12(10)13(18)19)17-14(20)16-8-9-4-1-2-5-9/h3,6-7,9H,1-2,4-5,8H2,(H,18,19)(H2,16,17,20). The van der Waals surface area contributed by atoms with Crippen LogP contribution in [0.5, 0.6) is 0 Å². The third-order valence-corrected chi connectivity index (χ3v) is 3.82. The van der Waals surface area contributed by atoms with Crippen molar-refractivity contribution in [3.05, 3.63) is 28.8 Å². The third-order valence-electron chi connectivity index (χ3n) is 3.50. The van der Waals surface area contributed by atoms with Crippen molar-refractivity contribution in [1.29, 1.82) is 0 Å². The number of urea groups is 1. The summed E-state index contributed by atoms with van der Waals surface area (Å²) in [5.41, 5.74) is 0.110. The number of carbonyl (C=O) groups is 2. The molecule has 0 bridgehead atoms. The first-order valence-corrected chi connectivity index (χ1v) is 7.02. The lowest BCUT2D eigenvalue weighted by molar-refractivity contribution is 0.0698. The van der Waals surface area contributed by atoms with E-state index in [1.54, 1.807) is 6.07 Å². The van der Waals surface area contributed by atoms with Gasteiger partial charge >= 0.3 is 12.0 Å². The molecule has 0 aliphatic heterocycles. The molecule has 0 heterocycles. The van der Waals surface area contributed by atoms with Crippen LogP contribution in [0.15, 0.2) is 18.2 Å². The Bertz CT molecular complexity index is 513. The maximum Gasteiger partial charge on any atom is 0.339 e. The van der Waals surface area contributed by atoms with Gasteiger partial charge in [-0.05, 0) is 30.9 Å². The lowest BCUT2D eigenvalue weighted by atomic mass is 10.1. The molecule has 2 amide bonds. The molecule has 20 heavy (non-hydrogen) atoms. The Hall–Kier alpha value is -1.75. The third kappa shape index (κ3) is 3.63. The molecule has 0 radical (unpaired) electrons. The van der Waals surface area contributed by atoms with Gasteiger partial charge in [-0.25, -0.2) is 9.59 Å². The molecule has 0 saturated heterocycles. The number of anilines is 1. The van der Waals surface area contributed by atoms with E-state index in [1.165, 1.54) is 25.0 Å². The lowest BCUT2D eigenvalue weighted by Crippen LogP contribution is -2.32. The molecule has 3 N–H and O–H groups in total. The van der Waals surface area contributed by atoms with Gasteiger partial charge in [0.1, 0.15) is 5.56 Å². The molecular weight excluding hydrogens is 280 g/mol. The summed E-state index contributed by atoms with van der Waals surface area (Å²) in [7, 11) is 0. The molecule has 5 nitrogen and oxygen atoms in total. The highest BCUT2D eigenvalue weighted by molar-refractivity contribution is 6.34. The van der Waals surface area contributed by atoms with Gasteiger partial charge in [-0.15, -0.1) is 0 Å². The fraction of sp³-hybridized carbons (Fsp3) is 0.429. The Balaban J connectivity index is 1.96. The zero-order valence-electron chi connectivity index (χ0n) is 11.0. The monoisotopic (exact) mass is 296 g/mol. The van der Waals surface area contributed by atoms with Crippen LogP contribution in [0, 0.1) is 5.92 Å². The maximum atomic E-state index is 11.8. The van der Waals surface area contributed by atoms with Crippen LogP contribution in [-0.4, -0.2) is 23.7 Å². The van der Waals surface area contributed by atoms with Crippen LogP contribution in [0.3, 0.4) is 0 Å². The average molecular weight is 297 g/mol. The molecule has 1 aliphatic carbocycles. The number of amides is 2. The molecule has 6 heteroatoms. The van der Waals surface area contributed by atoms with Crippen molar-refractivity contribution in [2.24, 2.45) is 5.92 Å². The van der Waals surface area contributed by atoms with Crippen molar-refractivity contribution < 1.29 is 14.7 Å². The second-order valence-corrected chi connectivity index (χ2v) is 5.36. The SMILES string of the molecule is O=C(NCC1CCCC1)Nc1cccc(Cl)c1C(=O)O. The van der Waals surface area contributed by atoms with Gasteiger partial charge in [0.25, 0.3) is 0 Å². The largest absolute Gasteiger partial charge is 0.478 e. The first-order chi connectivity index (χ1) is 9.58. The van der Waals surface area contributed by atoms with Crippen LogP contribution in [-0.2, 0) is 0 Å². The number of nitrogens with one attached hydrogen (secondary N) is 2. The van der Waals surface area contributed by atoms with E-state index in [1.807, 2.05) is 0 Å².